The number of aliphatic hydroxyl groups excluding tert-OH is 1. The Kier molecular flexibility index (Phi) is 9.79. The third kappa shape index (κ3) is 7.25. The van der Waals surface area contributed by atoms with Gasteiger partial charge in [0.05, 0.1) is 43.6 Å². The minimum atomic E-state index is -2.81. The largest absolute Gasteiger partial charge is 0.474 e. The molecule has 0 radical (unpaired) electrons. The number of hydrogen-bond donors (Lipinski definition) is 2. The first kappa shape index (κ1) is 30.6. The Labute approximate surface area is 254 Å². The lowest BCUT2D eigenvalue weighted by Crippen LogP contribution is -2.45. The smallest absolute Gasteiger partial charge is 0.296 e. The van der Waals surface area contributed by atoms with Crippen molar-refractivity contribution in [2.24, 2.45) is 5.92 Å². The van der Waals surface area contributed by atoms with Crippen LogP contribution >= 0.6 is 0 Å². The van der Waals surface area contributed by atoms with E-state index in [0.29, 0.717) is 88.7 Å². The number of nitrogens with zero attached hydrogens (tertiary/aromatic N) is 6. The van der Waals surface area contributed by atoms with Gasteiger partial charge in [-0.15, -0.1) is 0 Å². The van der Waals surface area contributed by atoms with Crippen LogP contribution in [0.5, 0.6) is 5.88 Å². The molecule has 44 heavy (non-hydrogen) atoms. The highest BCUT2D eigenvalue weighted by Gasteiger charge is 2.29. The molecular weight excluding hydrogens is 576 g/mol. The summed E-state index contributed by atoms with van der Waals surface area (Å²) in [4.78, 5) is 30.5. The monoisotopic (exact) mass is 615 g/mol. The van der Waals surface area contributed by atoms with Gasteiger partial charge in [0, 0.05) is 51.3 Å². The Hall–Kier alpha value is -3.46. The number of ether oxygens (including phenoxy) is 3. The zero-order valence-corrected chi connectivity index (χ0v) is 24.6. The predicted octanol–water partition coefficient (Wildman–Crippen LogP) is 2.34. The minimum absolute atomic E-state index is 0.0603. The number of anilines is 1. The molecule has 0 bridgehead atoms. The molecular formula is C30H39F2N7O5. The molecule has 14 heteroatoms. The number of halogens is 2. The van der Waals surface area contributed by atoms with Crippen molar-refractivity contribution >= 4 is 22.9 Å². The number of rotatable bonds is 10. The first-order valence-electron chi connectivity index (χ1n) is 15.3. The maximum atomic E-state index is 14.1. The normalized spacial score (nSPS) is 22.3. The van der Waals surface area contributed by atoms with Crippen LogP contribution in [0.25, 0.3) is 16.9 Å². The van der Waals surface area contributed by atoms with E-state index in [0.717, 1.165) is 13.1 Å². The van der Waals surface area contributed by atoms with E-state index in [1.807, 2.05) is 4.90 Å². The van der Waals surface area contributed by atoms with Crippen molar-refractivity contribution in [3.8, 4) is 11.7 Å². The fraction of sp³-hybridized carbons (Fsp3) is 0.600. The Morgan fingerprint density at radius 2 is 1.70 bits per heavy atom. The summed E-state index contributed by atoms with van der Waals surface area (Å²) in [6.45, 7) is 5.75. The topological polar surface area (TPSA) is 127 Å². The van der Waals surface area contributed by atoms with E-state index in [2.05, 4.69) is 25.2 Å². The molecule has 12 nitrogen and oxygen atoms in total. The standard InChI is InChI=1S/C30H39F2N7O5/c31-27(32)28-34-23-3-1-2-4-24(23)39(28)25-17-26(36-30(35-25)38-11-15-43-16-12-38)44-22-7-5-20(6-8-22)29(41)33-18-21(40)19-37-9-13-42-14-10-37/h1-4,17,20-22,27,40H,5-16,18-19H2,(H,33,41)/t20-,21?,22-. The van der Waals surface area contributed by atoms with Gasteiger partial charge in [-0.05, 0) is 37.8 Å². The quantitative estimate of drug-likeness (QED) is 0.351. The number of alkyl halides is 2. The summed E-state index contributed by atoms with van der Waals surface area (Å²) >= 11 is 0. The summed E-state index contributed by atoms with van der Waals surface area (Å²) in [5, 5.41) is 13.3. The lowest BCUT2D eigenvalue weighted by atomic mass is 9.86. The van der Waals surface area contributed by atoms with Gasteiger partial charge >= 0.3 is 0 Å². The maximum Gasteiger partial charge on any atom is 0.296 e. The number of nitrogens with one attached hydrogen (secondary N) is 1. The van der Waals surface area contributed by atoms with Crippen molar-refractivity contribution in [1.82, 2.24) is 29.7 Å². The summed E-state index contributed by atoms with van der Waals surface area (Å²) < 4.78 is 46.8. The lowest BCUT2D eigenvalue weighted by molar-refractivity contribution is -0.127. The molecule has 3 fully saturated rings. The second-order valence-corrected chi connectivity index (χ2v) is 11.5. The number of morpholine rings is 2. The molecule has 1 atom stereocenters. The van der Waals surface area contributed by atoms with Gasteiger partial charge in [-0.3, -0.25) is 14.3 Å². The molecule has 1 amide bonds. The van der Waals surface area contributed by atoms with Gasteiger partial charge < -0.3 is 29.5 Å². The first-order chi connectivity index (χ1) is 21.4. The number of hydrogen-bond acceptors (Lipinski definition) is 10. The molecule has 3 aromatic rings. The number of fused-ring (bicyclic) bond motifs is 1. The van der Waals surface area contributed by atoms with Crippen molar-refractivity contribution < 1.29 is 32.9 Å². The van der Waals surface area contributed by atoms with Gasteiger partial charge in [0.25, 0.3) is 6.43 Å². The molecule has 0 spiro atoms. The summed E-state index contributed by atoms with van der Waals surface area (Å²) in [5.41, 5.74) is 0.962. The van der Waals surface area contributed by atoms with Crippen LogP contribution in [-0.4, -0.2) is 113 Å². The van der Waals surface area contributed by atoms with E-state index in [9.17, 15) is 18.7 Å². The van der Waals surface area contributed by atoms with E-state index in [1.54, 1.807) is 30.3 Å². The van der Waals surface area contributed by atoms with Crippen molar-refractivity contribution in [3.63, 3.8) is 0 Å². The molecule has 1 aliphatic carbocycles. The van der Waals surface area contributed by atoms with Crippen LogP contribution in [0.1, 0.15) is 37.9 Å². The van der Waals surface area contributed by atoms with Crippen LogP contribution in [0.3, 0.4) is 0 Å². The second kappa shape index (κ2) is 14.1. The minimum Gasteiger partial charge on any atom is -0.474 e. The SMILES string of the molecule is O=C(NCC(O)CN1CCOCC1)[C@H]1CC[C@H](Oc2cc(-n3c(C(F)F)nc4ccccc43)nc(N3CCOCC3)n2)CC1. The molecule has 2 saturated heterocycles. The number of carbonyl (C=O) groups is 1. The molecule has 1 aromatic carbocycles. The third-order valence-electron chi connectivity index (χ3n) is 8.40. The zero-order valence-electron chi connectivity index (χ0n) is 24.6. The summed E-state index contributed by atoms with van der Waals surface area (Å²) in [7, 11) is 0. The van der Waals surface area contributed by atoms with Gasteiger partial charge in [-0.1, -0.05) is 12.1 Å². The molecule has 3 aliphatic rings. The number of imidazole rings is 1. The molecule has 2 aliphatic heterocycles. The van der Waals surface area contributed by atoms with Crippen molar-refractivity contribution in [1.29, 1.82) is 0 Å². The molecule has 4 heterocycles. The number of carbonyl (C=O) groups excluding carboxylic acids is 1. The summed E-state index contributed by atoms with van der Waals surface area (Å²) in [6, 6.07) is 8.54. The lowest BCUT2D eigenvalue weighted by Gasteiger charge is -2.30. The van der Waals surface area contributed by atoms with Crippen LogP contribution in [-0.2, 0) is 14.3 Å². The van der Waals surface area contributed by atoms with Gasteiger partial charge in [-0.2, -0.15) is 9.97 Å². The number of benzene rings is 1. The van der Waals surface area contributed by atoms with Gasteiger partial charge in [0.2, 0.25) is 17.7 Å². The van der Waals surface area contributed by atoms with Gasteiger partial charge in [0.1, 0.15) is 11.9 Å². The average molecular weight is 616 g/mol. The van der Waals surface area contributed by atoms with E-state index >= 15 is 0 Å². The van der Waals surface area contributed by atoms with Crippen LogP contribution in [0.4, 0.5) is 14.7 Å². The zero-order chi connectivity index (χ0) is 30.5. The second-order valence-electron chi connectivity index (χ2n) is 11.5. The van der Waals surface area contributed by atoms with Crippen LogP contribution < -0.4 is 15.0 Å². The third-order valence-corrected chi connectivity index (χ3v) is 8.40. The van der Waals surface area contributed by atoms with Crippen LogP contribution in [0.15, 0.2) is 30.3 Å². The van der Waals surface area contributed by atoms with E-state index in [1.165, 1.54) is 4.57 Å². The fourth-order valence-electron chi connectivity index (χ4n) is 6.04. The Morgan fingerprint density at radius 1 is 1.00 bits per heavy atom. The molecule has 1 unspecified atom stereocenters. The molecule has 2 N–H and O–H groups in total. The Balaban J connectivity index is 1.13. The molecule has 2 aromatic heterocycles. The molecule has 238 valence electrons. The van der Waals surface area contributed by atoms with Crippen LogP contribution in [0.2, 0.25) is 0 Å². The van der Waals surface area contributed by atoms with Crippen molar-refractivity contribution in [2.75, 3.05) is 70.6 Å². The molecule has 1 saturated carbocycles. The van der Waals surface area contributed by atoms with Gasteiger partial charge in [-0.25, -0.2) is 13.8 Å². The Morgan fingerprint density at radius 3 is 2.43 bits per heavy atom. The van der Waals surface area contributed by atoms with E-state index in [4.69, 9.17) is 14.2 Å². The summed E-state index contributed by atoms with van der Waals surface area (Å²) in [6.07, 6.45) is -1.11. The highest BCUT2D eigenvalue weighted by atomic mass is 19.3. The first-order valence-corrected chi connectivity index (χ1v) is 15.3. The van der Waals surface area contributed by atoms with Crippen molar-refractivity contribution in [3.05, 3.63) is 36.2 Å². The average Bonchev–Trinajstić information content (AvgIpc) is 3.45. The highest BCUT2D eigenvalue weighted by molar-refractivity contribution is 5.79. The maximum absolute atomic E-state index is 14.1. The number of para-hydroxylation sites is 2. The molecule has 6 rings (SSSR count). The number of aliphatic hydroxyl groups is 1. The van der Waals surface area contributed by atoms with E-state index in [-0.39, 0.29) is 36.2 Å². The highest BCUT2D eigenvalue weighted by Crippen LogP contribution is 2.32. The number of aromatic nitrogens is 4. The van der Waals surface area contributed by atoms with E-state index < -0.39 is 18.4 Å². The van der Waals surface area contributed by atoms with Crippen molar-refractivity contribution in [2.45, 2.75) is 44.3 Å². The predicted molar refractivity (Wildman–Crippen MR) is 157 cm³/mol. The fourth-order valence-corrected chi connectivity index (χ4v) is 6.04. The van der Waals surface area contributed by atoms with Crippen LogP contribution in [0, 0.1) is 5.92 Å². The number of β-amino-alcohol motifs (C(OH)–C–C–N with tert-alkyl or cyclic N) is 1. The Bertz CT molecular complexity index is 1410. The number of amides is 1. The van der Waals surface area contributed by atoms with Gasteiger partial charge in [0.15, 0.2) is 5.82 Å². The summed E-state index contributed by atoms with van der Waals surface area (Å²) in [5.74, 6) is 0.293.